The Labute approximate surface area is 102 Å². The van der Waals surface area contributed by atoms with Crippen molar-refractivity contribution >= 4 is 16.2 Å². The highest BCUT2D eigenvalue weighted by Crippen LogP contribution is 2.13. The number of carboxylic acid groups (broad SMARTS) is 1. The summed E-state index contributed by atoms with van der Waals surface area (Å²) in [5.41, 5.74) is 0. The molecule has 1 saturated heterocycles. The summed E-state index contributed by atoms with van der Waals surface area (Å²) in [4.78, 5) is 10.6. The third-order valence-corrected chi connectivity index (χ3v) is 4.45. The molecule has 0 aliphatic carbocycles. The molecule has 1 heterocycles. The average Bonchev–Trinajstić information content (AvgIpc) is 2.69. The van der Waals surface area contributed by atoms with E-state index >= 15 is 0 Å². The van der Waals surface area contributed by atoms with Crippen molar-refractivity contribution in [1.29, 1.82) is 0 Å². The molecule has 100 valence electrons. The average molecular weight is 264 g/mol. The highest BCUT2D eigenvalue weighted by Gasteiger charge is 2.28. The second-order valence-corrected chi connectivity index (χ2v) is 6.01. The van der Waals surface area contributed by atoms with Crippen LogP contribution in [0.4, 0.5) is 0 Å². The molecule has 6 nitrogen and oxygen atoms in total. The lowest BCUT2D eigenvalue weighted by molar-refractivity contribution is -0.137. The van der Waals surface area contributed by atoms with Crippen molar-refractivity contribution in [2.24, 2.45) is 0 Å². The molecule has 17 heavy (non-hydrogen) atoms. The summed E-state index contributed by atoms with van der Waals surface area (Å²) < 4.78 is 27.7. The molecule has 7 heteroatoms. The molecular weight excluding hydrogens is 244 g/mol. The third-order valence-electron chi connectivity index (χ3n) is 2.78. The van der Waals surface area contributed by atoms with Crippen molar-refractivity contribution in [3.63, 3.8) is 0 Å². The summed E-state index contributed by atoms with van der Waals surface area (Å²) in [5, 5.41) is 8.72. The number of nitrogens with one attached hydrogen (secondary N) is 1. The van der Waals surface area contributed by atoms with E-state index in [1.807, 2.05) is 6.92 Å². The summed E-state index contributed by atoms with van der Waals surface area (Å²) in [6, 6.07) is -0.511. The summed E-state index contributed by atoms with van der Waals surface area (Å²) in [5.74, 6) is -0.979. The first-order chi connectivity index (χ1) is 7.95. The lowest BCUT2D eigenvalue weighted by Gasteiger charge is -2.21. The summed E-state index contributed by atoms with van der Waals surface area (Å²) >= 11 is 0. The molecule has 0 spiro atoms. The van der Waals surface area contributed by atoms with Gasteiger partial charge in [-0.1, -0.05) is 13.3 Å². The maximum atomic E-state index is 11.9. The minimum Gasteiger partial charge on any atom is -0.481 e. The van der Waals surface area contributed by atoms with E-state index < -0.39 is 22.2 Å². The van der Waals surface area contributed by atoms with E-state index in [9.17, 15) is 13.2 Å². The van der Waals surface area contributed by atoms with Crippen LogP contribution in [0, 0.1) is 0 Å². The van der Waals surface area contributed by atoms with Crippen molar-refractivity contribution < 1.29 is 18.3 Å². The van der Waals surface area contributed by atoms with Crippen molar-refractivity contribution in [2.75, 3.05) is 13.1 Å². The second kappa shape index (κ2) is 6.32. The molecule has 1 atom stereocenters. The molecule has 2 N–H and O–H groups in total. The van der Waals surface area contributed by atoms with Gasteiger partial charge in [-0.25, -0.2) is 0 Å². The standard InChI is InChI=1S/C10H20N2O4S/c1-2-5-9(8-10(13)14)11-17(15,16)12-6-3-4-7-12/h9,11H,2-8H2,1H3,(H,13,14). The number of hydrogen-bond donors (Lipinski definition) is 2. The van der Waals surface area contributed by atoms with Gasteiger partial charge in [-0.2, -0.15) is 17.4 Å². The number of hydrogen-bond acceptors (Lipinski definition) is 3. The van der Waals surface area contributed by atoms with Crippen LogP contribution in [-0.4, -0.2) is 42.9 Å². The zero-order valence-electron chi connectivity index (χ0n) is 10.1. The predicted octanol–water partition coefficient (Wildman–Crippen LogP) is 0.560. The monoisotopic (exact) mass is 264 g/mol. The van der Waals surface area contributed by atoms with E-state index in [4.69, 9.17) is 5.11 Å². The third kappa shape index (κ3) is 4.61. The minimum absolute atomic E-state index is 0.166. The van der Waals surface area contributed by atoms with Gasteiger partial charge in [-0.05, 0) is 19.3 Å². The highest BCUT2D eigenvalue weighted by atomic mass is 32.2. The lowest BCUT2D eigenvalue weighted by Crippen LogP contribution is -2.44. The summed E-state index contributed by atoms with van der Waals surface area (Å²) in [6.07, 6.45) is 2.87. The van der Waals surface area contributed by atoms with Gasteiger partial charge in [-0.3, -0.25) is 4.79 Å². The van der Waals surface area contributed by atoms with Crippen LogP contribution in [0.2, 0.25) is 0 Å². The molecule has 1 unspecified atom stereocenters. The Bertz CT molecular complexity index is 349. The molecule has 0 amide bonds. The second-order valence-electron chi connectivity index (χ2n) is 4.31. The highest BCUT2D eigenvalue weighted by molar-refractivity contribution is 7.87. The van der Waals surface area contributed by atoms with Gasteiger partial charge in [-0.15, -0.1) is 0 Å². The maximum Gasteiger partial charge on any atom is 0.304 e. The van der Waals surface area contributed by atoms with Crippen LogP contribution in [0.15, 0.2) is 0 Å². The molecule has 1 aliphatic heterocycles. The predicted molar refractivity (Wildman–Crippen MR) is 63.8 cm³/mol. The Morgan fingerprint density at radius 1 is 1.41 bits per heavy atom. The van der Waals surface area contributed by atoms with Gasteiger partial charge in [0, 0.05) is 19.1 Å². The molecule has 0 aromatic carbocycles. The van der Waals surface area contributed by atoms with Crippen molar-refractivity contribution in [3.8, 4) is 0 Å². The fraction of sp³-hybridized carbons (Fsp3) is 0.900. The quantitative estimate of drug-likeness (QED) is 0.703. The Kier molecular flexibility index (Phi) is 5.35. The van der Waals surface area contributed by atoms with Gasteiger partial charge >= 0.3 is 5.97 Å². The Morgan fingerprint density at radius 3 is 2.47 bits per heavy atom. The zero-order valence-corrected chi connectivity index (χ0v) is 10.9. The van der Waals surface area contributed by atoms with Gasteiger partial charge in [0.1, 0.15) is 0 Å². The number of rotatable bonds is 7. The normalized spacial score (nSPS) is 19.4. The van der Waals surface area contributed by atoms with E-state index in [1.165, 1.54) is 4.31 Å². The smallest absolute Gasteiger partial charge is 0.304 e. The van der Waals surface area contributed by atoms with E-state index in [0.717, 1.165) is 19.3 Å². The van der Waals surface area contributed by atoms with Crippen molar-refractivity contribution in [2.45, 2.75) is 45.1 Å². The minimum atomic E-state index is -3.51. The fourth-order valence-electron chi connectivity index (χ4n) is 1.98. The van der Waals surface area contributed by atoms with Gasteiger partial charge in [0.15, 0.2) is 0 Å². The van der Waals surface area contributed by atoms with Crippen LogP contribution in [0.3, 0.4) is 0 Å². The van der Waals surface area contributed by atoms with Crippen LogP contribution >= 0.6 is 0 Å². The van der Waals surface area contributed by atoms with E-state index in [2.05, 4.69) is 4.72 Å². The van der Waals surface area contributed by atoms with Crippen LogP contribution in [0.1, 0.15) is 39.0 Å². The van der Waals surface area contributed by atoms with Crippen molar-refractivity contribution in [1.82, 2.24) is 9.03 Å². The molecule has 0 bridgehead atoms. The summed E-state index contributed by atoms with van der Waals surface area (Å²) in [6.45, 7) is 2.96. The number of nitrogens with zero attached hydrogens (tertiary/aromatic N) is 1. The van der Waals surface area contributed by atoms with Crippen LogP contribution in [0.5, 0.6) is 0 Å². The van der Waals surface area contributed by atoms with Gasteiger partial charge in [0.05, 0.1) is 6.42 Å². The van der Waals surface area contributed by atoms with Gasteiger partial charge < -0.3 is 5.11 Å². The van der Waals surface area contributed by atoms with Crippen molar-refractivity contribution in [3.05, 3.63) is 0 Å². The van der Waals surface area contributed by atoms with Crippen LogP contribution < -0.4 is 4.72 Å². The largest absolute Gasteiger partial charge is 0.481 e. The molecule has 0 aromatic heterocycles. The Morgan fingerprint density at radius 2 is 2.00 bits per heavy atom. The fourth-order valence-corrected chi connectivity index (χ4v) is 3.49. The molecule has 0 aromatic rings. The molecule has 0 saturated carbocycles. The first-order valence-corrected chi connectivity index (χ1v) is 7.39. The van der Waals surface area contributed by atoms with Crippen LogP contribution in [0.25, 0.3) is 0 Å². The van der Waals surface area contributed by atoms with E-state index in [0.29, 0.717) is 19.5 Å². The van der Waals surface area contributed by atoms with Gasteiger partial charge in [0.25, 0.3) is 10.2 Å². The lowest BCUT2D eigenvalue weighted by atomic mass is 10.1. The molecule has 0 radical (unpaired) electrons. The SMILES string of the molecule is CCCC(CC(=O)O)NS(=O)(=O)N1CCCC1. The van der Waals surface area contributed by atoms with E-state index in [-0.39, 0.29) is 6.42 Å². The zero-order chi connectivity index (χ0) is 12.9. The molecule has 1 aliphatic rings. The Balaban J connectivity index is 2.60. The molecular formula is C10H20N2O4S. The number of aliphatic carboxylic acids is 1. The Hall–Kier alpha value is -0.660. The maximum absolute atomic E-state index is 11.9. The first-order valence-electron chi connectivity index (χ1n) is 5.95. The topological polar surface area (TPSA) is 86.7 Å². The summed E-state index contributed by atoms with van der Waals surface area (Å²) in [7, 11) is -3.51. The molecule has 1 fully saturated rings. The number of carbonyl (C=O) groups is 1. The first kappa shape index (κ1) is 14.4. The molecule has 1 rings (SSSR count). The number of carboxylic acids is 1. The van der Waals surface area contributed by atoms with Gasteiger partial charge in [0.2, 0.25) is 0 Å². The van der Waals surface area contributed by atoms with E-state index in [1.54, 1.807) is 0 Å². The van der Waals surface area contributed by atoms with Crippen LogP contribution in [-0.2, 0) is 15.0 Å².